The summed E-state index contributed by atoms with van der Waals surface area (Å²) in [5.41, 5.74) is 3.01. The molecule has 1 aliphatic heterocycles. The second kappa shape index (κ2) is 7.22. The van der Waals surface area contributed by atoms with Gasteiger partial charge >= 0.3 is 0 Å². The first-order valence-electron chi connectivity index (χ1n) is 8.97. The molecule has 25 heavy (non-hydrogen) atoms. The van der Waals surface area contributed by atoms with Gasteiger partial charge in [-0.15, -0.1) is 11.3 Å². The van der Waals surface area contributed by atoms with Crippen LogP contribution in [-0.4, -0.2) is 19.3 Å². The topological polar surface area (TPSA) is 37.4 Å². The van der Waals surface area contributed by atoms with Crippen molar-refractivity contribution in [3.8, 4) is 0 Å². The molecule has 1 aromatic heterocycles. The number of aryl methyl sites for hydroxylation is 4. The van der Waals surface area contributed by atoms with E-state index in [1.165, 1.54) is 9.75 Å². The minimum atomic E-state index is -3.50. The molecule has 0 amide bonds. The average Bonchev–Trinajstić information content (AvgIpc) is 2.83. The zero-order chi connectivity index (χ0) is 18.2. The van der Waals surface area contributed by atoms with Crippen LogP contribution < -0.4 is 0 Å². The first-order chi connectivity index (χ1) is 11.8. The van der Waals surface area contributed by atoms with Crippen LogP contribution in [0.1, 0.15) is 58.2 Å². The molecule has 3 nitrogen and oxygen atoms in total. The van der Waals surface area contributed by atoms with Gasteiger partial charge in [-0.05, 0) is 75.4 Å². The van der Waals surface area contributed by atoms with E-state index in [2.05, 4.69) is 19.1 Å². The number of nitrogens with zero attached hydrogens (tertiary/aromatic N) is 1. The Hall–Kier alpha value is -1.17. The van der Waals surface area contributed by atoms with E-state index >= 15 is 0 Å². The molecule has 0 N–H and O–H groups in total. The van der Waals surface area contributed by atoms with E-state index in [1.54, 1.807) is 15.6 Å². The molecule has 1 unspecified atom stereocenters. The Morgan fingerprint density at radius 2 is 1.68 bits per heavy atom. The highest BCUT2D eigenvalue weighted by molar-refractivity contribution is 7.89. The molecule has 1 aliphatic rings. The normalized spacial score (nSPS) is 19.8. The number of hydrogen-bond donors (Lipinski definition) is 0. The zero-order valence-corrected chi connectivity index (χ0v) is 17.1. The molecule has 1 aromatic carbocycles. The van der Waals surface area contributed by atoms with Crippen LogP contribution in [0.5, 0.6) is 0 Å². The van der Waals surface area contributed by atoms with Crippen molar-refractivity contribution in [3.63, 3.8) is 0 Å². The van der Waals surface area contributed by atoms with E-state index in [4.69, 9.17) is 0 Å². The molecule has 1 atom stereocenters. The van der Waals surface area contributed by atoms with Crippen LogP contribution in [0.15, 0.2) is 29.2 Å². The summed E-state index contributed by atoms with van der Waals surface area (Å²) in [5.74, 6) is 0. The van der Waals surface area contributed by atoms with Gasteiger partial charge in [0.2, 0.25) is 10.0 Å². The lowest BCUT2D eigenvalue weighted by Gasteiger charge is -2.29. The van der Waals surface area contributed by atoms with Crippen molar-refractivity contribution in [2.24, 2.45) is 0 Å². The maximum atomic E-state index is 13.5. The van der Waals surface area contributed by atoms with Crippen molar-refractivity contribution in [1.82, 2.24) is 4.31 Å². The van der Waals surface area contributed by atoms with Crippen LogP contribution in [0.3, 0.4) is 0 Å². The Kier molecular flexibility index (Phi) is 5.37. The summed E-state index contributed by atoms with van der Waals surface area (Å²) in [6, 6.07) is 8.00. The zero-order valence-electron chi connectivity index (χ0n) is 15.5. The third-order valence-electron chi connectivity index (χ3n) is 5.17. The molecule has 5 heteroatoms. The van der Waals surface area contributed by atoms with E-state index in [0.717, 1.165) is 42.4 Å². The van der Waals surface area contributed by atoms with Crippen molar-refractivity contribution in [2.45, 2.75) is 64.3 Å². The summed E-state index contributed by atoms with van der Waals surface area (Å²) in [7, 11) is -3.50. The van der Waals surface area contributed by atoms with Crippen LogP contribution in [0.4, 0.5) is 0 Å². The molecule has 0 aliphatic carbocycles. The Bertz CT molecular complexity index is 868. The first-order valence-corrected chi connectivity index (χ1v) is 11.2. The summed E-state index contributed by atoms with van der Waals surface area (Å²) in [6.45, 7) is 8.60. The fourth-order valence-electron chi connectivity index (χ4n) is 3.62. The fraction of sp³-hybridized carbons (Fsp3) is 0.500. The minimum absolute atomic E-state index is 0.0350. The molecule has 136 valence electrons. The summed E-state index contributed by atoms with van der Waals surface area (Å²) in [6.07, 6.45) is 4.02. The van der Waals surface area contributed by atoms with E-state index in [0.29, 0.717) is 11.4 Å². The van der Waals surface area contributed by atoms with Gasteiger partial charge in [0, 0.05) is 16.3 Å². The number of rotatable bonds is 3. The van der Waals surface area contributed by atoms with Gasteiger partial charge in [0.25, 0.3) is 0 Å². The summed E-state index contributed by atoms with van der Waals surface area (Å²) < 4.78 is 28.9. The Labute approximate surface area is 155 Å². The molecule has 2 heterocycles. The highest BCUT2D eigenvalue weighted by atomic mass is 32.2. The number of sulfonamides is 1. The molecule has 0 bridgehead atoms. The quantitative estimate of drug-likeness (QED) is 0.729. The highest BCUT2D eigenvalue weighted by Gasteiger charge is 2.35. The van der Waals surface area contributed by atoms with Gasteiger partial charge in [-0.3, -0.25) is 0 Å². The van der Waals surface area contributed by atoms with E-state index in [1.807, 2.05) is 32.9 Å². The van der Waals surface area contributed by atoms with Crippen LogP contribution in [-0.2, 0) is 10.0 Å². The standard InChI is InChI=1S/C20H27NO2S2/c1-14-12-16(3)20(13-15(14)2)25(22,23)21-11-7-5-6-8-18(21)19-10-9-17(4)24-19/h9-10,12-13,18H,5-8,11H2,1-4H3. The number of thiophene rings is 1. The van der Waals surface area contributed by atoms with Crippen molar-refractivity contribution >= 4 is 21.4 Å². The van der Waals surface area contributed by atoms with Crippen molar-refractivity contribution in [3.05, 3.63) is 50.7 Å². The van der Waals surface area contributed by atoms with Gasteiger partial charge in [0.15, 0.2) is 0 Å². The second-order valence-corrected chi connectivity index (χ2v) is 10.3. The van der Waals surface area contributed by atoms with Crippen molar-refractivity contribution < 1.29 is 8.42 Å². The largest absolute Gasteiger partial charge is 0.243 e. The molecule has 2 aromatic rings. The van der Waals surface area contributed by atoms with Gasteiger partial charge < -0.3 is 0 Å². The van der Waals surface area contributed by atoms with Gasteiger partial charge in [0.1, 0.15) is 0 Å². The molecular formula is C20H27NO2S2. The average molecular weight is 378 g/mol. The van der Waals surface area contributed by atoms with E-state index in [-0.39, 0.29) is 6.04 Å². The Morgan fingerprint density at radius 1 is 0.960 bits per heavy atom. The van der Waals surface area contributed by atoms with E-state index in [9.17, 15) is 8.42 Å². The molecular weight excluding hydrogens is 350 g/mol. The SMILES string of the molecule is Cc1ccc(C2CCCCCN2S(=O)(=O)c2cc(C)c(C)cc2C)s1. The van der Waals surface area contributed by atoms with Crippen molar-refractivity contribution in [2.75, 3.05) is 6.54 Å². The third-order valence-corrected chi connectivity index (χ3v) is 8.32. The van der Waals surface area contributed by atoms with Gasteiger partial charge in [-0.2, -0.15) is 4.31 Å². The lowest BCUT2D eigenvalue weighted by Crippen LogP contribution is -2.35. The van der Waals surface area contributed by atoms with Crippen LogP contribution in [0, 0.1) is 27.7 Å². The molecule has 3 rings (SSSR count). The second-order valence-electron chi connectivity index (χ2n) is 7.13. The number of hydrogen-bond acceptors (Lipinski definition) is 3. The molecule has 0 spiro atoms. The summed E-state index contributed by atoms with van der Waals surface area (Å²) in [5, 5.41) is 0. The summed E-state index contributed by atoms with van der Waals surface area (Å²) in [4.78, 5) is 2.87. The molecule has 1 fully saturated rings. The fourth-order valence-corrected chi connectivity index (χ4v) is 6.68. The highest BCUT2D eigenvalue weighted by Crippen LogP contribution is 2.38. The smallest absolute Gasteiger partial charge is 0.207 e. The monoisotopic (exact) mass is 377 g/mol. The predicted molar refractivity (Wildman–Crippen MR) is 105 cm³/mol. The summed E-state index contributed by atoms with van der Waals surface area (Å²) >= 11 is 1.72. The maximum Gasteiger partial charge on any atom is 0.243 e. The molecule has 1 saturated heterocycles. The minimum Gasteiger partial charge on any atom is -0.207 e. The predicted octanol–water partition coefficient (Wildman–Crippen LogP) is 5.29. The Morgan fingerprint density at radius 3 is 2.36 bits per heavy atom. The van der Waals surface area contributed by atoms with Crippen LogP contribution in [0.25, 0.3) is 0 Å². The van der Waals surface area contributed by atoms with Crippen LogP contribution in [0.2, 0.25) is 0 Å². The maximum absolute atomic E-state index is 13.5. The molecule has 0 saturated carbocycles. The first kappa shape index (κ1) is 18.6. The lowest BCUT2D eigenvalue weighted by atomic mass is 10.1. The van der Waals surface area contributed by atoms with Gasteiger partial charge in [-0.1, -0.05) is 18.9 Å². The van der Waals surface area contributed by atoms with Crippen molar-refractivity contribution in [1.29, 1.82) is 0 Å². The van der Waals surface area contributed by atoms with Crippen LogP contribution >= 0.6 is 11.3 Å². The van der Waals surface area contributed by atoms with Gasteiger partial charge in [0.05, 0.1) is 10.9 Å². The lowest BCUT2D eigenvalue weighted by molar-refractivity contribution is 0.333. The van der Waals surface area contributed by atoms with Gasteiger partial charge in [-0.25, -0.2) is 8.42 Å². The van der Waals surface area contributed by atoms with E-state index < -0.39 is 10.0 Å². The third kappa shape index (κ3) is 3.69. The molecule has 0 radical (unpaired) electrons. The number of benzene rings is 1. The Balaban J connectivity index is 2.07.